The fourth-order valence-electron chi connectivity index (χ4n) is 1.62. The lowest BCUT2D eigenvalue weighted by Crippen LogP contribution is -2.13. The molecule has 0 bridgehead atoms. The van der Waals surface area contributed by atoms with Crippen molar-refractivity contribution in [3.63, 3.8) is 0 Å². The van der Waals surface area contributed by atoms with Crippen LogP contribution >= 0.6 is 0 Å². The minimum atomic E-state index is -3.73. The first-order valence-electron chi connectivity index (χ1n) is 6.20. The van der Waals surface area contributed by atoms with Crippen molar-refractivity contribution in [2.75, 3.05) is 4.72 Å². The molecule has 2 N–H and O–H groups in total. The molecular weight excluding hydrogens is 306 g/mol. The molecule has 112 valence electrons. The Morgan fingerprint density at radius 3 is 2.41 bits per heavy atom. The number of para-hydroxylation sites is 1. The summed E-state index contributed by atoms with van der Waals surface area (Å²) in [5, 5.41) is -0.0443. The van der Waals surface area contributed by atoms with Crippen LogP contribution in [0.1, 0.15) is 0 Å². The Labute approximate surface area is 126 Å². The highest BCUT2D eigenvalue weighted by Gasteiger charge is 2.16. The predicted molar refractivity (Wildman–Crippen MR) is 77.9 cm³/mol. The van der Waals surface area contributed by atoms with E-state index >= 15 is 0 Å². The minimum Gasteiger partial charge on any atom is -0.424 e. The second kappa shape index (κ2) is 5.82. The highest BCUT2D eigenvalue weighted by Crippen LogP contribution is 2.18. The normalized spacial score (nSPS) is 11.1. The van der Waals surface area contributed by atoms with Gasteiger partial charge in [0.05, 0.1) is 30.6 Å². The van der Waals surface area contributed by atoms with Crippen molar-refractivity contribution in [2.24, 2.45) is 0 Å². The van der Waals surface area contributed by atoms with Crippen LogP contribution in [-0.4, -0.2) is 28.4 Å². The second-order valence-corrected chi connectivity index (χ2v) is 5.84. The molecule has 0 unspecified atom stereocenters. The molecule has 0 spiro atoms. The molecule has 0 aliphatic heterocycles. The van der Waals surface area contributed by atoms with Gasteiger partial charge in [-0.15, -0.1) is 0 Å². The van der Waals surface area contributed by atoms with Crippen molar-refractivity contribution < 1.29 is 13.2 Å². The van der Waals surface area contributed by atoms with Crippen LogP contribution in [-0.2, 0) is 10.0 Å². The molecule has 0 aliphatic rings. The average Bonchev–Trinajstić information content (AvgIpc) is 3.05. The van der Waals surface area contributed by atoms with Gasteiger partial charge in [0.25, 0.3) is 10.0 Å². The van der Waals surface area contributed by atoms with Gasteiger partial charge in [0.2, 0.25) is 0 Å². The van der Waals surface area contributed by atoms with Gasteiger partial charge in [-0.25, -0.2) is 15.0 Å². The van der Waals surface area contributed by atoms with Crippen molar-refractivity contribution in [3.05, 3.63) is 55.2 Å². The molecule has 2 aromatic heterocycles. The molecule has 1 aromatic carbocycles. The van der Waals surface area contributed by atoms with Gasteiger partial charge in [-0.2, -0.15) is 8.42 Å². The van der Waals surface area contributed by atoms with E-state index in [0.717, 1.165) is 0 Å². The maximum Gasteiger partial charge on any atom is 0.322 e. The smallest absolute Gasteiger partial charge is 0.322 e. The van der Waals surface area contributed by atoms with Crippen LogP contribution in [0.4, 0.5) is 5.69 Å². The fourth-order valence-corrected chi connectivity index (χ4v) is 2.55. The third-order valence-electron chi connectivity index (χ3n) is 2.60. The van der Waals surface area contributed by atoms with Crippen molar-refractivity contribution in [1.82, 2.24) is 19.9 Å². The maximum absolute atomic E-state index is 12.0. The van der Waals surface area contributed by atoms with Crippen LogP contribution in [0, 0.1) is 0 Å². The highest BCUT2D eigenvalue weighted by molar-refractivity contribution is 7.92. The number of aromatic amines is 1. The fraction of sp³-hybridized carbons (Fsp3) is 0. The minimum absolute atomic E-state index is 0.0443. The summed E-state index contributed by atoms with van der Waals surface area (Å²) in [4.78, 5) is 14.1. The molecule has 0 saturated heterocycles. The Bertz CT molecular complexity index is 833. The zero-order valence-corrected chi connectivity index (χ0v) is 12.0. The molecule has 3 aromatic rings. The number of ether oxygens (including phenoxy) is 1. The molecule has 0 fully saturated rings. The van der Waals surface area contributed by atoms with E-state index in [1.807, 2.05) is 18.2 Å². The lowest BCUT2D eigenvalue weighted by molar-refractivity contribution is 0.442. The van der Waals surface area contributed by atoms with Gasteiger partial charge in [0.15, 0.2) is 5.03 Å². The van der Waals surface area contributed by atoms with Crippen LogP contribution in [0.25, 0.3) is 0 Å². The molecule has 8 nitrogen and oxygen atoms in total. The maximum atomic E-state index is 12.0. The van der Waals surface area contributed by atoms with E-state index in [1.165, 1.54) is 24.9 Å². The van der Waals surface area contributed by atoms with Gasteiger partial charge in [0.1, 0.15) is 5.75 Å². The SMILES string of the molecule is O=S(=O)(Nc1cnc(Oc2ccccc2)nc1)c1cnc[nH]1. The van der Waals surface area contributed by atoms with E-state index < -0.39 is 10.0 Å². The van der Waals surface area contributed by atoms with Crippen LogP contribution in [0.3, 0.4) is 0 Å². The number of nitrogens with one attached hydrogen (secondary N) is 2. The number of aromatic nitrogens is 4. The molecular formula is C13H11N5O3S. The summed E-state index contributed by atoms with van der Waals surface area (Å²) in [6, 6.07) is 9.15. The first kappa shape index (κ1) is 14.0. The monoisotopic (exact) mass is 317 g/mol. The zero-order valence-electron chi connectivity index (χ0n) is 11.2. The van der Waals surface area contributed by atoms with Crippen LogP contribution in [0.2, 0.25) is 0 Å². The Kier molecular flexibility index (Phi) is 3.71. The summed E-state index contributed by atoms with van der Waals surface area (Å²) < 4.78 is 31.7. The van der Waals surface area contributed by atoms with E-state index in [2.05, 4.69) is 24.7 Å². The Morgan fingerprint density at radius 2 is 1.77 bits per heavy atom. The van der Waals surface area contributed by atoms with E-state index in [1.54, 1.807) is 12.1 Å². The number of nitrogens with zero attached hydrogens (tertiary/aromatic N) is 3. The molecule has 9 heteroatoms. The Hall–Kier alpha value is -2.94. The molecule has 0 atom stereocenters. The molecule has 0 aliphatic carbocycles. The second-order valence-electron chi connectivity index (χ2n) is 4.19. The van der Waals surface area contributed by atoms with Gasteiger partial charge in [-0.3, -0.25) is 4.72 Å². The van der Waals surface area contributed by atoms with E-state index in [9.17, 15) is 8.42 Å². The average molecular weight is 317 g/mol. The van der Waals surface area contributed by atoms with Crippen molar-refractivity contribution in [3.8, 4) is 11.8 Å². The first-order valence-corrected chi connectivity index (χ1v) is 7.68. The number of hydrogen-bond donors (Lipinski definition) is 2. The number of rotatable bonds is 5. The summed E-state index contributed by atoms with van der Waals surface area (Å²) in [5.41, 5.74) is 0.218. The Morgan fingerprint density at radius 1 is 1.05 bits per heavy atom. The highest BCUT2D eigenvalue weighted by atomic mass is 32.2. The number of hydrogen-bond acceptors (Lipinski definition) is 6. The lowest BCUT2D eigenvalue weighted by Gasteiger charge is -2.06. The topological polar surface area (TPSA) is 110 Å². The molecule has 0 saturated carbocycles. The Balaban J connectivity index is 1.72. The molecule has 2 heterocycles. The first-order chi connectivity index (χ1) is 10.6. The summed E-state index contributed by atoms with van der Waals surface area (Å²) in [6.07, 6.45) is 5.12. The summed E-state index contributed by atoms with van der Waals surface area (Å²) in [6.45, 7) is 0. The van der Waals surface area contributed by atoms with Gasteiger partial charge in [0, 0.05) is 0 Å². The van der Waals surface area contributed by atoms with Gasteiger partial charge in [-0.1, -0.05) is 18.2 Å². The molecule has 0 amide bonds. The predicted octanol–water partition coefficient (Wildman–Crippen LogP) is 1.79. The standard InChI is InChI=1S/C13H11N5O3S/c19-22(20,12-8-14-9-17-12)18-10-6-15-13(16-7-10)21-11-4-2-1-3-5-11/h1-9,18H,(H,14,17). The summed E-state index contributed by atoms with van der Waals surface area (Å²) in [5.74, 6) is 0.591. The number of imidazole rings is 1. The van der Waals surface area contributed by atoms with E-state index in [0.29, 0.717) is 5.75 Å². The number of benzene rings is 1. The van der Waals surface area contributed by atoms with E-state index in [-0.39, 0.29) is 16.7 Å². The molecule has 22 heavy (non-hydrogen) atoms. The third kappa shape index (κ3) is 3.20. The van der Waals surface area contributed by atoms with Crippen molar-refractivity contribution in [2.45, 2.75) is 5.03 Å². The lowest BCUT2D eigenvalue weighted by atomic mass is 10.3. The van der Waals surface area contributed by atoms with Crippen LogP contribution in [0.5, 0.6) is 11.8 Å². The summed E-state index contributed by atoms with van der Waals surface area (Å²) >= 11 is 0. The van der Waals surface area contributed by atoms with Gasteiger partial charge < -0.3 is 9.72 Å². The quantitative estimate of drug-likeness (QED) is 0.742. The molecule has 0 radical (unpaired) electrons. The molecule has 3 rings (SSSR count). The summed E-state index contributed by atoms with van der Waals surface area (Å²) in [7, 11) is -3.73. The zero-order chi connectivity index (χ0) is 15.4. The van der Waals surface area contributed by atoms with Crippen molar-refractivity contribution >= 4 is 15.7 Å². The van der Waals surface area contributed by atoms with Crippen molar-refractivity contribution in [1.29, 1.82) is 0 Å². The third-order valence-corrected chi connectivity index (χ3v) is 3.90. The largest absolute Gasteiger partial charge is 0.424 e. The number of sulfonamides is 1. The van der Waals surface area contributed by atoms with Gasteiger partial charge in [-0.05, 0) is 12.1 Å². The van der Waals surface area contributed by atoms with E-state index in [4.69, 9.17) is 4.74 Å². The van der Waals surface area contributed by atoms with Crippen LogP contribution in [0.15, 0.2) is 60.3 Å². The number of anilines is 1. The number of H-pyrrole nitrogens is 1. The van der Waals surface area contributed by atoms with Crippen LogP contribution < -0.4 is 9.46 Å². The van der Waals surface area contributed by atoms with Gasteiger partial charge >= 0.3 is 6.01 Å².